The van der Waals surface area contributed by atoms with Gasteiger partial charge in [0.15, 0.2) is 11.4 Å². The second kappa shape index (κ2) is 6.53. The largest absolute Gasteiger partial charge is 0.482 e. The first-order valence-corrected chi connectivity index (χ1v) is 7.27. The summed E-state index contributed by atoms with van der Waals surface area (Å²) in [6.07, 6.45) is 1.50. The van der Waals surface area contributed by atoms with Gasteiger partial charge in [0, 0.05) is 18.8 Å². The summed E-state index contributed by atoms with van der Waals surface area (Å²) < 4.78 is 7.12. The van der Waals surface area contributed by atoms with E-state index in [1.54, 1.807) is 0 Å². The highest BCUT2D eigenvalue weighted by molar-refractivity contribution is 5.96. The standard InChI is InChI=1S/C16H17N3O4/c20-9-8-18-11-17-19-7-6-13(21)15(14(19)16(18)22)23-10-12-4-2-1-3-5-12/h1-7,17,20H,8-11H2. The molecule has 0 saturated carbocycles. The molecule has 0 aliphatic carbocycles. The number of carbonyl (C=O) groups is 1. The molecule has 0 radical (unpaired) electrons. The van der Waals surface area contributed by atoms with Crippen LogP contribution in [-0.2, 0) is 6.61 Å². The maximum absolute atomic E-state index is 12.5. The number of fused-ring (bicyclic) bond motifs is 1. The molecule has 7 heteroatoms. The zero-order valence-corrected chi connectivity index (χ0v) is 12.4. The van der Waals surface area contributed by atoms with Crippen molar-refractivity contribution < 1.29 is 14.6 Å². The van der Waals surface area contributed by atoms with Gasteiger partial charge in [0.05, 0.1) is 6.61 Å². The predicted octanol–water partition coefficient (Wildman–Crippen LogP) is 0.376. The molecule has 2 heterocycles. The lowest BCUT2D eigenvalue weighted by atomic mass is 10.2. The van der Waals surface area contributed by atoms with Crippen LogP contribution < -0.4 is 15.6 Å². The molecule has 1 aliphatic heterocycles. The second-order valence-corrected chi connectivity index (χ2v) is 5.11. The molecule has 1 aliphatic rings. The third-order valence-corrected chi connectivity index (χ3v) is 3.57. The molecule has 2 N–H and O–H groups in total. The summed E-state index contributed by atoms with van der Waals surface area (Å²) in [5.41, 5.74) is 3.68. The molecule has 7 nitrogen and oxygen atoms in total. The third kappa shape index (κ3) is 3.04. The minimum Gasteiger partial charge on any atom is -0.482 e. The Balaban J connectivity index is 1.91. The Kier molecular flexibility index (Phi) is 4.29. The summed E-state index contributed by atoms with van der Waals surface area (Å²) in [6, 6.07) is 10.8. The van der Waals surface area contributed by atoms with Crippen LogP contribution in [0, 0.1) is 0 Å². The lowest BCUT2D eigenvalue weighted by Crippen LogP contribution is -2.47. The van der Waals surface area contributed by atoms with Gasteiger partial charge in [-0.05, 0) is 5.56 Å². The molecule has 120 valence electrons. The second-order valence-electron chi connectivity index (χ2n) is 5.11. The van der Waals surface area contributed by atoms with Gasteiger partial charge in [-0.25, -0.2) is 0 Å². The smallest absolute Gasteiger partial charge is 0.277 e. The highest BCUT2D eigenvalue weighted by Crippen LogP contribution is 2.19. The molecule has 3 rings (SSSR count). The molecule has 0 saturated heterocycles. The van der Waals surface area contributed by atoms with Gasteiger partial charge in [-0.15, -0.1) is 0 Å². The van der Waals surface area contributed by atoms with E-state index in [4.69, 9.17) is 9.84 Å². The van der Waals surface area contributed by atoms with E-state index in [0.717, 1.165) is 5.56 Å². The molecule has 0 bridgehead atoms. The summed E-state index contributed by atoms with van der Waals surface area (Å²) in [4.78, 5) is 26.1. The molecular formula is C16H17N3O4. The van der Waals surface area contributed by atoms with Crippen LogP contribution >= 0.6 is 0 Å². The van der Waals surface area contributed by atoms with Crippen molar-refractivity contribution in [2.45, 2.75) is 6.61 Å². The third-order valence-electron chi connectivity index (χ3n) is 3.57. The molecule has 1 amide bonds. The summed E-state index contributed by atoms with van der Waals surface area (Å²) in [5, 5.41) is 9.04. The Morgan fingerprint density at radius 3 is 2.70 bits per heavy atom. The van der Waals surface area contributed by atoms with Crippen LogP contribution in [0.25, 0.3) is 0 Å². The highest BCUT2D eigenvalue weighted by atomic mass is 16.5. The zero-order chi connectivity index (χ0) is 16.2. The van der Waals surface area contributed by atoms with Gasteiger partial charge >= 0.3 is 0 Å². The Bertz CT molecular complexity index is 758. The predicted molar refractivity (Wildman–Crippen MR) is 83.8 cm³/mol. The maximum atomic E-state index is 12.5. The van der Waals surface area contributed by atoms with Crippen molar-refractivity contribution in [3.05, 3.63) is 64.1 Å². The Labute approximate surface area is 132 Å². The number of carbonyl (C=O) groups excluding carboxylic acids is 1. The van der Waals surface area contributed by atoms with Gasteiger partial charge < -0.3 is 20.2 Å². The van der Waals surface area contributed by atoms with E-state index in [0.29, 0.717) is 0 Å². The Morgan fingerprint density at radius 1 is 1.17 bits per heavy atom. The average molecular weight is 315 g/mol. The summed E-state index contributed by atoms with van der Waals surface area (Å²) in [5.74, 6) is -0.338. The molecule has 0 unspecified atom stereocenters. The van der Waals surface area contributed by atoms with Crippen molar-refractivity contribution in [2.24, 2.45) is 0 Å². The van der Waals surface area contributed by atoms with Gasteiger partial charge in [0.2, 0.25) is 5.43 Å². The topological polar surface area (TPSA) is 83.8 Å². The van der Waals surface area contributed by atoms with E-state index < -0.39 is 0 Å². The van der Waals surface area contributed by atoms with E-state index in [9.17, 15) is 9.59 Å². The van der Waals surface area contributed by atoms with Crippen LogP contribution in [0.1, 0.15) is 16.1 Å². The van der Waals surface area contributed by atoms with E-state index in [1.807, 2.05) is 30.3 Å². The van der Waals surface area contributed by atoms with E-state index in [2.05, 4.69) is 5.43 Å². The van der Waals surface area contributed by atoms with Gasteiger partial charge in [0.1, 0.15) is 13.3 Å². The zero-order valence-electron chi connectivity index (χ0n) is 12.4. The van der Waals surface area contributed by atoms with Crippen LogP contribution in [0.2, 0.25) is 0 Å². The van der Waals surface area contributed by atoms with Crippen molar-refractivity contribution >= 4 is 5.91 Å². The van der Waals surface area contributed by atoms with Gasteiger partial charge in [0.25, 0.3) is 5.91 Å². The minimum atomic E-state index is -0.354. The number of rotatable bonds is 5. The SMILES string of the molecule is O=C1c2c(OCc3ccccc3)c(=O)ccn2NCN1CCO. The van der Waals surface area contributed by atoms with Gasteiger partial charge in [-0.1, -0.05) is 30.3 Å². The first-order valence-electron chi connectivity index (χ1n) is 7.27. The van der Waals surface area contributed by atoms with Gasteiger partial charge in [-0.3, -0.25) is 14.3 Å². The summed E-state index contributed by atoms with van der Waals surface area (Å²) in [6.45, 7) is 0.492. The number of hydrogen-bond donors (Lipinski definition) is 2. The quantitative estimate of drug-likeness (QED) is 0.833. The molecule has 0 spiro atoms. The lowest BCUT2D eigenvalue weighted by molar-refractivity contribution is 0.0685. The average Bonchev–Trinajstić information content (AvgIpc) is 2.58. The number of benzene rings is 1. The summed E-state index contributed by atoms with van der Waals surface area (Å²) in [7, 11) is 0. The lowest BCUT2D eigenvalue weighted by Gasteiger charge is -2.31. The first kappa shape index (κ1) is 15.1. The fraction of sp³-hybridized carbons (Fsp3) is 0.250. The molecule has 1 aromatic carbocycles. The number of nitrogens with zero attached hydrogens (tertiary/aromatic N) is 2. The van der Waals surface area contributed by atoms with Crippen molar-refractivity contribution in [3.8, 4) is 5.75 Å². The van der Waals surface area contributed by atoms with E-state index in [-0.39, 0.29) is 49.2 Å². The van der Waals surface area contributed by atoms with Crippen molar-refractivity contribution in [2.75, 3.05) is 25.2 Å². The van der Waals surface area contributed by atoms with Crippen LogP contribution in [0.5, 0.6) is 5.75 Å². The van der Waals surface area contributed by atoms with Crippen LogP contribution in [0.4, 0.5) is 0 Å². The Hall–Kier alpha value is -2.80. The van der Waals surface area contributed by atoms with E-state index in [1.165, 1.54) is 21.8 Å². The van der Waals surface area contributed by atoms with Crippen LogP contribution in [0.3, 0.4) is 0 Å². The summed E-state index contributed by atoms with van der Waals surface area (Å²) >= 11 is 0. The molecular weight excluding hydrogens is 298 g/mol. The Morgan fingerprint density at radius 2 is 1.96 bits per heavy atom. The normalized spacial score (nSPS) is 13.4. The highest BCUT2D eigenvalue weighted by Gasteiger charge is 2.28. The fourth-order valence-electron chi connectivity index (χ4n) is 2.40. The maximum Gasteiger partial charge on any atom is 0.277 e. The van der Waals surface area contributed by atoms with Crippen LogP contribution in [-0.4, -0.2) is 40.4 Å². The van der Waals surface area contributed by atoms with Crippen molar-refractivity contribution in [3.63, 3.8) is 0 Å². The number of aromatic nitrogens is 1. The van der Waals surface area contributed by atoms with Gasteiger partial charge in [-0.2, -0.15) is 0 Å². The number of β-amino-alcohol motifs (C(OH)–C–C–N with tert-alkyl or cyclic N) is 1. The number of nitrogens with one attached hydrogen (secondary N) is 1. The number of aliphatic hydroxyl groups is 1. The first-order chi connectivity index (χ1) is 11.2. The number of pyridine rings is 1. The molecule has 2 aromatic rings. The van der Waals surface area contributed by atoms with Crippen LogP contribution in [0.15, 0.2) is 47.4 Å². The minimum absolute atomic E-state index is 0.0106. The monoisotopic (exact) mass is 315 g/mol. The molecule has 0 atom stereocenters. The molecule has 1 aromatic heterocycles. The number of amides is 1. The number of aliphatic hydroxyl groups excluding tert-OH is 1. The molecule has 23 heavy (non-hydrogen) atoms. The number of ether oxygens (including phenoxy) is 1. The van der Waals surface area contributed by atoms with Crippen molar-refractivity contribution in [1.29, 1.82) is 0 Å². The fourth-order valence-corrected chi connectivity index (χ4v) is 2.40. The van der Waals surface area contributed by atoms with E-state index >= 15 is 0 Å². The number of hydrogen-bond acceptors (Lipinski definition) is 5. The van der Waals surface area contributed by atoms with Crippen molar-refractivity contribution in [1.82, 2.24) is 9.58 Å². The molecule has 0 fully saturated rings.